The highest BCUT2D eigenvalue weighted by molar-refractivity contribution is 5.71. The molecule has 0 bridgehead atoms. The molecule has 360 valence electrons. The molecule has 6 nitrogen and oxygen atoms in total. The molecule has 1 unspecified atom stereocenters. The number of allylic oxidation sites excluding steroid dienone is 14. The lowest BCUT2D eigenvalue weighted by Gasteiger charge is -2.18. The second kappa shape index (κ2) is 51.2. The molecular weight excluding hydrogens is 781 g/mol. The highest BCUT2D eigenvalue weighted by Crippen LogP contribution is 2.14. The summed E-state index contributed by atoms with van der Waals surface area (Å²) >= 11 is 0. The molecule has 0 N–H and O–H groups in total. The van der Waals surface area contributed by atoms with E-state index in [1.54, 1.807) is 0 Å². The van der Waals surface area contributed by atoms with Crippen molar-refractivity contribution in [3.8, 4) is 0 Å². The lowest BCUT2D eigenvalue weighted by atomic mass is 10.0. The Kier molecular flexibility index (Phi) is 48.5. The maximum absolute atomic E-state index is 12.8. The summed E-state index contributed by atoms with van der Waals surface area (Å²) in [6, 6.07) is 0. The Morgan fingerprint density at radius 1 is 0.349 bits per heavy atom. The summed E-state index contributed by atoms with van der Waals surface area (Å²) in [5.41, 5.74) is 0. The molecule has 0 rings (SSSR count). The molecule has 0 aromatic heterocycles. The third-order valence-electron chi connectivity index (χ3n) is 10.9. The Hall–Kier alpha value is -3.41. The molecule has 0 heterocycles. The predicted molar refractivity (Wildman–Crippen MR) is 270 cm³/mol. The van der Waals surface area contributed by atoms with Crippen molar-refractivity contribution >= 4 is 17.9 Å². The molecule has 0 aliphatic heterocycles. The van der Waals surface area contributed by atoms with Crippen LogP contribution in [0.2, 0.25) is 0 Å². The van der Waals surface area contributed by atoms with Crippen molar-refractivity contribution < 1.29 is 28.6 Å². The van der Waals surface area contributed by atoms with E-state index in [1.807, 2.05) is 12.2 Å². The van der Waals surface area contributed by atoms with Gasteiger partial charge < -0.3 is 14.2 Å². The van der Waals surface area contributed by atoms with Crippen LogP contribution in [0, 0.1) is 0 Å². The molecule has 0 saturated carbocycles. The number of carbonyl (C=O) groups is 3. The van der Waals surface area contributed by atoms with Crippen LogP contribution < -0.4 is 0 Å². The van der Waals surface area contributed by atoms with Gasteiger partial charge in [-0.3, -0.25) is 14.4 Å². The molecule has 6 heteroatoms. The minimum atomic E-state index is -0.818. The fraction of sp³-hybridized carbons (Fsp3) is 0.702. The van der Waals surface area contributed by atoms with E-state index in [9.17, 15) is 14.4 Å². The van der Waals surface area contributed by atoms with Crippen LogP contribution in [0.3, 0.4) is 0 Å². The molecule has 0 aliphatic carbocycles. The highest BCUT2D eigenvalue weighted by atomic mass is 16.6. The van der Waals surface area contributed by atoms with Gasteiger partial charge in [0.05, 0.1) is 0 Å². The van der Waals surface area contributed by atoms with Gasteiger partial charge in [-0.1, -0.05) is 228 Å². The number of rotatable bonds is 46. The number of esters is 3. The summed E-state index contributed by atoms with van der Waals surface area (Å²) in [4.78, 5) is 37.9. The largest absolute Gasteiger partial charge is 0.462 e. The summed E-state index contributed by atoms with van der Waals surface area (Å²) in [6.45, 7) is 6.43. The van der Waals surface area contributed by atoms with Gasteiger partial charge in [-0.15, -0.1) is 0 Å². The summed E-state index contributed by atoms with van der Waals surface area (Å²) in [5.74, 6) is -1.02. The van der Waals surface area contributed by atoms with Crippen LogP contribution in [-0.2, 0) is 28.6 Å². The molecule has 0 aromatic rings. The van der Waals surface area contributed by atoms with Crippen molar-refractivity contribution in [2.45, 2.75) is 245 Å². The van der Waals surface area contributed by atoms with Crippen LogP contribution in [0.4, 0.5) is 0 Å². The van der Waals surface area contributed by atoms with Crippen LogP contribution in [0.25, 0.3) is 0 Å². The highest BCUT2D eigenvalue weighted by Gasteiger charge is 2.19. The summed E-state index contributed by atoms with van der Waals surface area (Å²) in [6.07, 6.45) is 65.8. The van der Waals surface area contributed by atoms with Crippen LogP contribution in [0.15, 0.2) is 85.1 Å². The van der Waals surface area contributed by atoms with Gasteiger partial charge in [0, 0.05) is 19.3 Å². The van der Waals surface area contributed by atoms with Crippen molar-refractivity contribution in [1.29, 1.82) is 0 Å². The number of hydrogen-bond acceptors (Lipinski definition) is 6. The van der Waals surface area contributed by atoms with Crippen LogP contribution in [0.1, 0.15) is 239 Å². The van der Waals surface area contributed by atoms with Crippen molar-refractivity contribution in [2.24, 2.45) is 0 Å². The number of hydrogen-bond donors (Lipinski definition) is 0. The average Bonchev–Trinajstić information content (AvgIpc) is 3.28. The first kappa shape index (κ1) is 59.6. The zero-order valence-electron chi connectivity index (χ0n) is 41.1. The number of ether oxygens (including phenoxy) is 3. The second-order valence-electron chi connectivity index (χ2n) is 17.1. The fourth-order valence-electron chi connectivity index (χ4n) is 7.01. The van der Waals surface area contributed by atoms with E-state index in [1.165, 1.54) is 109 Å². The van der Waals surface area contributed by atoms with Crippen molar-refractivity contribution in [1.82, 2.24) is 0 Å². The van der Waals surface area contributed by atoms with Gasteiger partial charge in [0.1, 0.15) is 13.2 Å². The minimum absolute atomic E-state index is 0.109. The Bertz CT molecular complexity index is 1240. The molecule has 63 heavy (non-hydrogen) atoms. The SMILES string of the molecule is CC/C=C\C/C=C\C/C=C\C/C=C\C/C=C\CCC(=O)OCC(COC(=O)CCCCCCCCCCCCCCC)OC(=O)CCCCC/C=C\C=C/CCCCCCCCC. The lowest BCUT2D eigenvalue weighted by molar-refractivity contribution is -0.166. The molecule has 1 atom stereocenters. The zero-order chi connectivity index (χ0) is 45.8. The molecule has 0 aromatic carbocycles. The number of carbonyl (C=O) groups excluding carboxylic acids is 3. The minimum Gasteiger partial charge on any atom is -0.462 e. The third kappa shape index (κ3) is 49.5. The third-order valence-corrected chi connectivity index (χ3v) is 10.9. The van der Waals surface area contributed by atoms with E-state index < -0.39 is 6.10 Å². The van der Waals surface area contributed by atoms with E-state index in [4.69, 9.17) is 14.2 Å². The molecule has 0 aliphatic rings. The Morgan fingerprint density at radius 3 is 1.14 bits per heavy atom. The van der Waals surface area contributed by atoms with Gasteiger partial charge in [-0.2, -0.15) is 0 Å². The average molecular weight is 877 g/mol. The number of unbranched alkanes of at least 4 members (excludes halogenated alkanes) is 22. The molecule has 0 amide bonds. The predicted octanol–water partition coefficient (Wildman–Crippen LogP) is 17.2. The molecule has 0 radical (unpaired) electrons. The Balaban J connectivity index is 4.53. The van der Waals surface area contributed by atoms with Crippen molar-refractivity contribution in [3.63, 3.8) is 0 Å². The van der Waals surface area contributed by atoms with Crippen molar-refractivity contribution in [3.05, 3.63) is 85.1 Å². The van der Waals surface area contributed by atoms with Crippen LogP contribution in [0.5, 0.6) is 0 Å². The van der Waals surface area contributed by atoms with Crippen molar-refractivity contribution in [2.75, 3.05) is 13.2 Å². The van der Waals surface area contributed by atoms with E-state index in [-0.39, 0.29) is 44.0 Å². The monoisotopic (exact) mass is 877 g/mol. The standard InChI is InChI=1S/C57H96O6/c1-4-7-10-13-16-19-22-25-27-29-32-35-38-41-44-47-50-56(59)62-53-54(52-61-55(58)49-46-43-40-37-34-31-24-21-18-15-12-9-6-3)63-57(60)51-48-45-42-39-36-33-30-28-26-23-20-17-14-11-8-5-2/h7,10,16,19,25,27-28,30,32-33,35-36,41,44,54H,4-6,8-9,11-15,17-18,20-24,26,29,31,34,37-40,42-43,45-53H2,1-3H3/b10-7-,19-16-,27-25-,30-28-,35-32-,36-33-,44-41-. The zero-order valence-corrected chi connectivity index (χ0v) is 41.1. The van der Waals surface area contributed by atoms with Gasteiger partial charge in [-0.25, -0.2) is 0 Å². The first-order valence-corrected chi connectivity index (χ1v) is 26.1. The quantitative estimate of drug-likeness (QED) is 0.0199. The first-order chi connectivity index (χ1) is 31.0. The fourth-order valence-corrected chi connectivity index (χ4v) is 7.01. The Morgan fingerprint density at radius 2 is 0.698 bits per heavy atom. The van der Waals surface area contributed by atoms with E-state index in [0.717, 1.165) is 83.5 Å². The van der Waals surface area contributed by atoms with E-state index >= 15 is 0 Å². The maximum atomic E-state index is 12.8. The summed E-state index contributed by atoms with van der Waals surface area (Å²) in [7, 11) is 0. The topological polar surface area (TPSA) is 78.9 Å². The Labute approximate surface area is 388 Å². The molecule has 0 spiro atoms. The molecule has 0 fully saturated rings. The summed E-state index contributed by atoms with van der Waals surface area (Å²) < 4.78 is 16.7. The molecular formula is C57H96O6. The van der Waals surface area contributed by atoms with Gasteiger partial charge in [0.25, 0.3) is 0 Å². The van der Waals surface area contributed by atoms with Crippen LogP contribution >= 0.6 is 0 Å². The van der Waals surface area contributed by atoms with Crippen LogP contribution in [-0.4, -0.2) is 37.2 Å². The lowest BCUT2D eigenvalue weighted by Crippen LogP contribution is -2.30. The maximum Gasteiger partial charge on any atom is 0.306 e. The van der Waals surface area contributed by atoms with Gasteiger partial charge in [0.2, 0.25) is 0 Å². The summed E-state index contributed by atoms with van der Waals surface area (Å²) in [5, 5.41) is 0. The van der Waals surface area contributed by atoms with E-state index in [0.29, 0.717) is 12.8 Å². The smallest absolute Gasteiger partial charge is 0.306 e. The second-order valence-corrected chi connectivity index (χ2v) is 17.1. The molecule has 0 saturated heterocycles. The van der Waals surface area contributed by atoms with E-state index in [2.05, 4.69) is 93.7 Å². The van der Waals surface area contributed by atoms with Gasteiger partial charge in [-0.05, 0) is 77.0 Å². The van der Waals surface area contributed by atoms with Gasteiger partial charge in [0.15, 0.2) is 6.10 Å². The van der Waals surface area contributed by atoms with Gasteiger partial charge >= 0.3 is 17.9 Å². The first-order valence-electron chi connectivity index (χ1n) is 26.1. The normalized spacial score (nSPS) is 12.7.